The van der Waals surface area contributed by atoms with Crippen molar-refractivity contribution in [3.63, 3.8) is 0 Å². The number of carbonyl (C=O) groups excluding carboxylic acids is 2. The number of amides is 2. The number of aliphatic carboxylic acids is 1. The van der Waals surface area contributed by atoms with Gasteiger partial charge in [0.15, 0.2) is 0 Å². The zero-order chi connectivity index (χ0) is 19.2. The molecule has 0 aromatic heterocycles. The SMILES string of the molecule is CC(C)C[C@@]1(NC(=O)OC(C)(C)C)C[C@@H]2SC(C)[C@@H](C(=O)O)N2C1=O. The first-order chi connectivity index (χ1) is 11.4. The van der Waals surface area contributed by atoms with Crippen molar-refractivity contribution in [3.05, 3.63) is 0 Å². The third-order valence-corrected chi connectivity index (χ3v) is 5.74. The highest BCUT2D eigenvalue weighted by molar-refractivity contribution is 8.00. The number of alkyl carbamates (subject to hydrolysis) is 1. The van der Waals surface area contributed by atoms with Gasteiger partial charge in [0, 0.05) is 11.7 Å². The molecule has 1 unspecified atom stereocenters. The molecule has 0 aromatic carbocycles. The Labute approximate surface area is 152 Å². The second kappa shape index (κ2) is 6.70. The van der Waals surface area contributed by atoms with Crippen LogP contribution in [0, 0.1) is 5.92 Å². The topological polar surface area (TPSA) is 95.9 Å². The highest BCUT2D eigenvalue weighted by atomic mass is 32.2. The molecule has 0 bridgehead atoms. The summed E-state index contributed by atoms with van der Waals surface area (Å²) >= 11 is 1.48. The summed E-state index contributed by atoms with van der Waals surface area (Å²) in [7, 11) is 0. The van der Waals surface area contributed by atoms with Gasteiger partial charge in [0.25, 0.3) is 0 Å². The van der Waals surface area contributed by atoms with Gasteiger partial charge in [0.05, 0.1) is 5.37 Å². The van der Waals surface area contributed by atoms with Crippen molar-refractivity contribution in [2.24, 2.45) is 5.92 Å². The summed E-state index contributed by atoms with van der Waals surface area (Å²) in [5.74, 6) is -1.17. The van der Waals surface area contributed by atoms with Crippen LogP contribution in [0.3, 0.4) is 0 Å². The third-order valence-electron chi connectivity index (χ3n) is 4.34. The lowest BCUT2D eigenvalue weighted by Gasteiger charge is -2.33. The maximum absolute atomic E-state index is 13.2. The lowest BCUT2D eigenvalue weighted by atomic mass is 9.87. The summed E-state index contributed by atoms with van der Waals surface area (Å²) in [4.78, 5) is 38.6. The molecule has 2 N–H and O–H groups in total. The molecule has 0 aromatic rings. The van der Waals surface area contributed by atoms with Crippen LogP contribution in [0.15, 0.2) is 0 Å². The first kappa shape index (κ1) is 19.9. The summed E-state index contributed by atoms with van der Waals surface area (Å²) in [5.41, 5.74) is -1.78. The maximum atomic E-state index is 13.2. The second-order valence-electron chi connectivity index (χ2n) is 8.30. The van der Waals surface area contributed by atoms with Crippen molar-refractivity contribution in [2.45, 2.75) is 82.2 Å². The van der Waals surface area contributed by atoms with E-state index >= 15 is 0 Å². The normalized spacial score (nSPS) is 32.0. The largest absolute Gasteiger partial charge is 0.480 e. The number of nitrogens with one attached hydrogen (secondary N) is 1. The number of carboxylic acids is 1. The number of fused-ring (bicyclic) bond motifs is 1. The van der Waals surface area contributed by atoms with E-state index in [-0.39, 0.29) is 22.4 Å². The molecule has 2 heterocycles. The Hall–Kier alpha value is -1.44. The van der Waals surface area contributed by atoms with E-state index in [0.29, 0.717) is 12.8 Å². The minimum atomic E-state index is -1.11. The first-order valence-electron chi connectivity index (χ1n) is 8.58. The van der Waals surface area contributed by atoms with Gasteiger partial charge in [-0.15, -0.1) is 11.8 Å². The molecule has 2 rings (SSSR count). The quantitative estimate of drug-likeness (QED) is 0.787. The summed E-state index contributed by atoms with van der Waals surface area (Å²) in [5, 5.41) is 11.9. The van der Waals surface area contributed by atoms with E-state index in [9.17, 15) is 19.5 Å². The molecule has 0 aliphatic carbocycles. The van der Waals surface area contributed by atoms with E-state index in [1.807, 2.05) is 20.8 Å². The van der Waals surface area contributed by atoms with Gasteiger partial charge < -0.3 is 20.1 Å². The molecule has 0 radical (unpaired) electrons. The van der Waals surface area contributed by atoms with Crippen LogP contribution >= 0.6 is 11.8 Å². The number of carbonyl (C=O) groups is 3. The van der Waals surface area contributed by atoms with E-state index in [1.54, 1.807) is 20.8 Å². The van der Waals surface area contributed by atoms with Gasteiger partial charge in [-0.25, -0.2) is 9.59 Å². The van der Waals surface area contributed by atoms with Gasteiger partial charge in [-0.05, 0) is 33.1 Å². The van der Waals surface area contributed by atoms with E-state index in [1.165, 1.54) is 16.7 Å². The summed E-state index contributed by atoms with van der Waals surface area (Å²) in [6, 6.07) is -0.864. The van der Waals surface area contributed by atoms with Gasteiger partial charge in [-0.1, -0.05) is 20.8 Å². The number of hydrogen-bond acceptors (Lipinski definition) is 5. The van der Waals surface area contributed by atoms with E-state index in [4.69, 9.17) is 4.74 Å². The second-order valence-corrected chi connectivity index (χ2v) is 9.86. The monoisotopic (exact) mass is 372 g/mol. The fourth-order valence-corrected chi connectivity index (χ4v) is 5.30. The van der Waals surface area contributed by atoms with Crippen molar-refractivity contribution in [3.8, 4) is 0 Å². The lowest BCUT2D eigenvalue weighted by molar-refractivity contribution is -0.149. The summed E-state index contributed by atoms with van der Waals surface area (Å²) in [6.45, 7) is 11.0. The molecule has 0 spiro atoms. The number of ether oxygens (including phenoxy) is 1. The first-order valence-corrected chi connectivity index (χ1v) is 9.53. The molecule has 8 heteroatoms. The van der Waals surface area contributed by atoms with Gasteiger partial charge in [-0.2, -0.15) is 0 Å². The van der Waals surface area contributed by atoms with E-state index in [0.717, 1.165) is 0 Å². The molecule has 4 atom stereocenters. The van der Waals surface area contributed by atoms with E-state index in [2.05, 4.69) is 5.32 Å². The Morgan fingerprint density at radius 1 is 1.44 bits per heavy atom. The third kappa shape index (κ3) is 4.04. The Kier molecular flexibility index (Phi) is 5.33. The Bertz CT molecular complexity index is 574. The van der Waals surface area contributed by atoms with Crippen LogP contribution in [0.1, 0.15) is 54.4 Å². The maximum Gasteiger partial charge on any atom is 0.408 e. The Morgan fingerprint density at radius 3 is 2.52 bits per heavy atom. The molecule has 7 nitrogen and oxygen atoms in total. The highest BCUT2D eigenvalue weighted by Gasteiger charge is 2.60. The fourth-order valence-electron chi connectivity index (χ4n) is 3.67. The van der Waals surface area contributed by atoms with Crippen molar-refractivity contribution >= 4 is 29.7 Å². The summed E-state index contributed by atoms with van der Waals surface area (Å²) in [6.07, 6.45) is 0.189. The van der Waals surface area contributed by atoms with Crippen LogP contribution in [0.4, 0.5) is 4.79 Å². The van der Waals surface area contributed by atoms with Gasteiger partial charge >= 0.3 is 12.1 Å². The van der Waals surface area contributed by atoms with Crippen LogP contribution in [0.2, 0.25) is 0 Å². The van der Waals surface area contributed by atoms with E-state index < -0.39 is 29.2 Å². The molecule has 2 aliphatic heterocycles. The average Bonchev–Trinajstić information content (AvgIpc) is 2.80. The fraction of sp³-hybridized carbons (Fsp3) is 0.824. The number of nitrogens with zero attached hydrogens (tertiary/aromatic N) is 1. The smallest absolute Gasteiger partial charge is 0.408 e. The average molecular weight is 372 g/mol. The van der Waals surface area contributed by atoms with Crippen LogP contribution < -0.4 is 5.32 Å². The predicted molar refractivity (Wildman–Crippen MR) is 95.3 cm³/mol. The lowest BCUT2D eigenvalue weighted by Crippen LogP contribution is -2.58. The number of carboxylic acid groups (broad SMARTS) is 1. The minimum absolute atomic E-state index is 0.157. The van der Waals surface area contributed by atoms with Crippen molar-refractivity contribution < 1.29 is 24.2 Å². The zero-order valence-corrected chi connectivity index (χ0v) is 16.5. The molecule has 2 aliphatic rings. The van der Waals surface area contributed by atoms with Gasteiger partial charge in [-0.3, -0.25) is 4.79 Å². The Balaban J connectivity index is 2.29. The highest BCUT2D eigenvalue weighted by Crippen LogP contribution is 2.47. The molecule has 142 valence electrons. The number of rotatable bonds is 4. The Morgan fingerprint density at radius 2 is 2.04 bits per heavy atom. The van der Waals surface area contributed by atoms with Crippen LogP contribution in [0.5, 0.6) is 0 Å². The molecule has 25 heavy (non-hydrogen) atoms. The van der Waals surface area contributed by atoms with Crippen molar-refractivity contribution in [1.29, 1.82) is 0 Å². The van der Waals surface area contributed by atoms with Gasteiger partial charge in [0.2, 0.25) is 5.91 Å². The van der Waals surface area contributed by atoms with Gasteiger partial charge in [0.1, 0.15) is 17.2 Å². The van der Waals surface area contributed by atoms with Crippen LogP contribution in [-0.2, 0) is 14.3 Å². The van der Waals surface area contributed by atoms with Crippen molar-refractivity contribution in [1.82, 2.24) is 10.2 Å². The molecule has 2 saturated heterocycles. The van der Waals surface area contributed by atoms with Crippen LogP contribution in [0.25, 0.3) is 0 Å². The molecule has 2 amide bonds. The summed E-state index contributed by atoms with van der Waals surface area (Å²) < 4.78 is 5.33. The minimum Gasteiger partial charge on any atom is -0.480 e. The van der Waals surface area contributed by atoms with Crippen LogP contribution in [-0.4, -0.2) is 55.8 Å². The molecular weight excluding hydrogens is 344 g/mol. The standard InChI is InChI=1S/C17H28N2O5S/c1-9(2)7-17(18-15(23)24-16(4,5)6)8-11-19(14(17)22)12(13(20)21)10(3)25-11/h9-12H,7-8H2,1-6H3,(H,18,23)(H,20,21)/t10?,11-,12-,17+/m0/s1. The molecule has 2 fully saturated rings. The van der Waals surface area contributed by atoms with Crippen molar-refractivity contribution in [2.75, 3.05) is 0 Å². The zero-order valence-electron chi connectivity index (χ0n) is 15.7. The molecular formula is C17H28N2O5S. The number of thioether (sulfide) groups is 1. The predicted octanol–water partition coefficient (Wildman–Crippen LogP) is 2.44. The number of hydrogen-bond donors (Lipinski definition) is 2. The molecule has 0 saturated carbocycles.